The second-order valence-electron chi connectivity index (χ2n) is 6.11. The van der Waals surface area contributed by atoms with Gasteiger partial charge in [-0.25, -0.2) is 4.39 Å². The second-order valence-corrected chi connectivity index (χ2v) is 6.11. The van der Waals surface area contributed by atoms with Crippen molar-refractivity contribution in [2.24, 2.45) is 0 Å². The Balaban J connectivity index is 1.92. The van der Waals surface area contributed by atoms with Gasteiger partial charge in [0.15, 0.2) is 0 Å². The van der Waals surface area contributed by atoms with Crippen LogP contribution >= 0.6 is 0 Å². The summed E-state index contributed by atoms with van der Waals surface area (Å²) < 4.78 is 12.8. The first kappa shape index (κ1) is 11.3. The standard InChI is InChI=1S/C12H23FN2/c1-9-5-11(14-6-10(13)7-14)8-15(9)12(2,3)4/h9-11H,5-8H2,1-4H3/t9-,11?/m0/s1. The maximum atomic E-state index is 12.8. The lowest BCUT2D eigenvalue weighted by atomic mass is 10.1. The normalized spacial score (nSPS) is 35.8. The third-order valence-corrected chi connectivity index (χ3v) is 3.80. The van der Waals surface area contributed by atoms with Crippen molar-refractivity contribution in [3.63, 3.8) is 0 Å². The minimum atomic E-state index is -0.566. The predicted octanol–water partition coefficient (Wildman–Crippen LogP) is 1.90. The van der Waals surface area contributed by atoms with Gasteiger partial charge in [-0.05, 0) is 34.1 Å². The number of hydrogen-bond donors (Lipinski definition) is 0. The van der Waals surface area contributed by atoms with E-state index >= 15 is 0 Å². The van der Waals surface area contributed by atoms with Crippen molar-refractivity contribution >= 4 is 0 Å². The molecule has 88 valence electrons. The number of nitrogens with zero attached hydrogens (tertiary/aromatic N) is 2. The summed E-state index contributed by atoms with van der Waals surface area (Å²) in [5.41, 5.74) is 0.244. The fourth-order valence-corrected chi connectivity index (χ4v) is 2.96. The fourth-order valence-electron chi connectivity index (χ4n) is 2.96. The number of hydrogen-bond acceptors (Lipinski definition) is 2. The van der Waals surface area contributed by atoms with Gasteiger partial charge in [-0.1, -0.05) is 0 Å². The van der Waals surface area contributed by atoms with Gasteiger partial charge < -0.3 is 0 Å². The second kappa shape index (κ2) is 3.70. The number of alkyl halides is 1. The number of halogens is 1. The Morgan fingerprint density at radius 3 is 2.13 bits per heavy atom. The average Bonchev–Trinajstić information content (AvgIpc) is 2.40. The van der Waals surface area contributed by atoms with Gasteiger partial charge in [-0.3, -0.25) is 9.80 Å². The lowest BCUT2D eigenvalue weighted by molar-refractivity contribution is 0.0261. The van der Waals surface area contributed by atoms with Crippen LogP contribution in [0.15, 0.2) is 0 Å². The van der Waals surface area contributed by atoms with Crippen LogP contribution in [0.3, 0.4) is 0 Å². The van der Waals surface area contributed by atoms with E-state index in [1.54, 1.807) is 0 Å². The summed E-state index contributed by atoms with van der Waals surface area (Å²) in [6.45, 7) is 11.5. The molecule has 0 aromatic heterocycles. The van der Waals surface area contributed by atoms with E-state index in [-0.39, 0.29) is 5.54 Å². The third-order valence-electron chi connectivity index (χ3n) is 3.80. The Hall–Kier alpha value is -0.150. The largest absolute Gasteiger partial charge is 0.294 e. The molecule has 0 radical (unpaired) electrons. The van der Waals surface area contributed by atoms with Gasteiger partial charge in [0.05, 0.1) is 0 Å². The summed E-state index contributed by atoms with van der Waals surface area (Å²) in [5, 5.41) is 0. The highest BCUT2D eigenvalue weighted by Gasteiger charge is 2.41. The van der Waals surface area contributed by atoms with Crippen LogP contribution in [-0.4, -0.2) is 53.2 Å². The topological polar surface area (TPSA) is 6.48 Å². The van der Waals surface area contributed by atoms with Crippen LogP contribution in [0.25, 0.3) is 0 Å². The summed E-state index contributed by atoms with van der Waals surface area (Å²) in [6, 6.07) is 1.22. The molecule has 2 aliphatic heterocycles. The van der Waals surface area contributed by atoms with E-state index in [9.17, 15) is 4.39 Å². The molecule has 2 rings (SSSR count). The van der Waals surface area contributed by atoms with E-state index in [4.69, 9.17) is 0 Å². The SMILES string of the molecule is C[C@H]1CC(N2CC(F)C2)CN1C(C)(C)C. The van der Waals surface area contributed by atoms with E-state index < -0.39 is 6.17 Å². The Kier molecular flexibility index (Phi) is 2.80. The van der Waals surface area contributed by atoms with Crippen LogP contribution in [0.5, 0.6) is 0 Å². The fraction of sp³-hybridized carbons (Fsp3) is 1.00. The smallest absolute Gasteiger partial charge is 0.125 e. The molecule has 2 heterocycles. The minimum Gasteiger partial charge on any atom is -0.294 e. The van der Waals surface area contributed by atoms with Gasteiger partial charge in [0, 0.05) is 37.3 Å². The van der Waals surface area contributed by atoms with Crippen LogP contribution in [-0.2, 0) is 0 Å². The molecule has 2 atom stereocenters. The molecule has 1 unspecified atom stereocenters. The quantitative estimate of drug-likeness (QED) is 0.658. The van der Waals surface area contributed by atoms with Crippen molar-refractivity contribution in [2.75, 3.05) is 19.6 Å². The molecule has 0 N–H and O–H groups in total. The molecule has 0 amide bonds. The van der Waals surface area contributed by atoms with Gasteiger partial charge in [0.1, 0.15) is 6.17 Å². The van der Waals surface area contributed by atoms with Crippen molar-refractivity contribution in [1.29, 1.82) is 0 Å². The first-order valence-corrected chi connectivity index (χ1v) is 6.03. The zero-order chi connectivity index (χ0) is 11.2. The lowest BCUT2D eigenvalue weighted by Crippen LogP contribution is -2.54. The van der Waals surface area contributed by atoms with E-state index in [0.29, 0.717) is 25.2 Å². The highest BCUT2D eigenvalue weighted by atomic mass is 19.1. The van der Waals surface area contributed by atoms with E-state index in [1.165, 1.54) is 6.42 Å². The van der Waals surface area contributed by atoms with Crippen LogP contribution in [0, 0.1) is 0 Å². The summed E-state index contributed by atoms with van der Waals surface area (Å²) in [5.74, 6) is 0. The molecule has 0 bridgehead atoms. The molecule has 2 fully saturated rings. The molecule has 3 heteroatoms. The van der Waals surface area contributed by atoms with Gasteiger partial charge in [-0.2, -0.15) is 0 Å². The van der Waals surface area contributed by atoms with E-state index in [2.05, 4.69) is 37.5 Å². The van der Waals surface area contributed by atoms with Crippen molar-refractivity contribution in [3.8, 4) is 0 Å². The summed E-state index contributed by atoms with van der Waals surface area (Å²) in [7, 11) is 0. The predicted molar refractivity (Wildman–Crippen MR) is 60.8 cm³/mol. The zero-order valence-corrected chi connectivity index (χ0v) is 10.3. The summed E-state index contributed by atoms with van der Waals surface area (Å²) in [6.07, 6.45) is 0.633. The Morgan fingerprint density at radius 2 is 1.73 bits per heavy atom. The highest BCUT2D eigenvalue weighted by Crippen LogP contribution is 2.31. The molecule has 0 spiro atoms. The highest BCUT2D eigenvalue weighted by molar-refractivity contribution is 4.97. The van der Waals surface area contributed by atoms with Crippen molar-refractivity contribution < 1.29 is 4.39 Å². The van der Waals surface area contributed by atoms with E-state index in [0.717, 1.165) is 6.54 Å². The van der Waals surface area contributed by atoms with Crippen molar-refractivity contribution in [1.82, 2.24) is 9.80 Å². The first-order valence-electron chi connectivity index (χ1n) is 6.03. The van der Waals surface area contributed by atoms with E-state index in [1.807, 2.05) is 0 Å². The minimum absolute atomic E-state index is 0.244. The zero-order valence-electron chi connectivity index (χ0n) is 10.3. The summed E-state index contributed by atoms with van der Waals surface area (Å²) in [4.78, 5) is 4.84. The maximum Gasteiger partial charge on any atom is 0.125 e. The molecule has 15 heavy (non-hydrogen) atoms. The van der Waals surface area contributed by atoms with Crippen LogP contribution < -0.4 is 0 Å². The number of rotatable bonds is 1. The molecule has 2 aliphatic rings. The van der Waals surface area contributed by atoms with Gasteiger partial charge >= 0.3 is 0 Å². The molecule has 0 aliphatic carbocycles. The van der Waals surface area contributed by atoms with Crippen LogP contribution in [0.1, 0.15) is 34.1 Å². The molecular weight excluding hydrogens is 191 g/mol. The maximum absolute atomic E-state index is 12.8. The molecule has 0 saturated carbocycles. The van der Waals surface area contributed by atoms with Gasteiger partial charge in [0.25, 0.3) is 0 Å². The summed E-state index contributed by atoms with van der Waals surface area (Å²) >= 11 is 0. The van der Waals surface area contributed by atoms with Gasteiger partial charge in [0.2, 0.25) is 0 Å². The first-order chi connectivity index (χ1) is 6.88. The molecule has 2 nitrogen and oxygen atoms in total. The van der Waals surface area contributed by atoms with Crippen molar-refractivity contribution in [2.45, 2.75) is 57.9 Å². The van der Waals surface area contributed by atoms with Crippen LogP contribution in [0.4, 0.5) is 4.39 Å². The Bertz CT molecular complexity index is 230. The monoisotopic (exact) mass is 214 g/mol. The average molecular weight is 214 g/mol. The Morgan fingerprint density at radius 1 is 1.13 bits per heavy atom. The Labute approximate surface area is 92.4 Å². The lowest BCUT2D eigenvalue weighted by Gasteiger charge is -2.40. The molecule has 2 saturated heterocycles. The van der Waals surface area contributed by atoms with Crippen molar-refractivity contribution in [3.05, 3.63) is 0 Å². The molecule has 0 aromatic carbocycles. The van der Waals surface area contributed by atoms with Crippen LogP contribution in [0.2, 0.25) is 0 Å². The number of likely N-dealkylation sites (tertiary alicyclic amines) is 2. The van der Waals surface area contributed by atoms with Gasteiger partial charge in [-0.15, -0.1) is 0 Å². The third kappa shape index (κ3) is 2.18. The molecular formula is C12H23FN2. The molecule has 0 aromatic rings.